The number of nitrogen functional groups attached to an aromatic ring is 1. The lowest BCUT2D eigenvalue weighted by Crippen LogP contribution is -2.40. The fourth-order valence-corrected chi connectivity index (χ4v) is 1.94. The first kappa shape index (κ1) is 8.87. The third-order valence-corrected chi connectivity index (χ3v) is 2.82. The van der Waals surface area contributed by atoms with E-state index in [1.54, 1.807) is 12.3 Å². The van der Waals surface area contributed by atoms with Gasteiger partial charge < -0.3 is 15.2 Å². The number of nitrogens with two attached hydrogens (primary N) is 1. The van der Waals surface area contributed by atoms with Crippen LogP contribution in [0.5, 0.6) is 0 Å². The minimum Gasteiger partial charge on any atom is -0.383 e. The van der Waals surface area contributed by atoms with Crippen molar-refractivity contribution in [2.45, 2.75) is 24.9 Å². The Bertz CT molecular complexity index is 432. The summed E-state index contributed by atoms with van der Waals surface area (Å²) in [4.78, 5) is 15.2. The van der Waals surface area contributed by atoms with Gasteiger partial charge in [-0.2, -0.15) is 4.98 Å². The Morgan fingerprint density at radius 1 is 1.53 bits per heavy atom. The molecule has 1 aromatic rings. The summed E-state index contributed by atoms with van der Waals surface area (Å²) in [5, 5.41) is 0. The van der Waals surface area contributed by atoms with Crippen molar-refractivity contribution in [3.63, 3.8) is 0 Å². The van der Waals surface area contributed by atoms with Crippen LogP contribution in [-0.4, -0.2) is 28.4 Å². The summed E-state index contributed by atoms with van der Waals surface area (Å²) in [6, 6.07) is 1.59. The predicted molar refractivity (Wildman–Crippen MR) is 51.2 cm³/mol. The molecule has 0 spiro atoms. The van der Waals surface area contributed by atoms with E-state index in [2.05, 4.69) is 4.98 Å². The second-order valence-corrected chi connectivity index (χ2v) is 3.78. The maximum absolute atomic E-state index is 11.5. The predicted octanol–water partition coefficient (Wildman–Crippen LogP) is -0.488. The van der Waals surface area contributed by atoms with Crippen LogP contribution in [0.4, 0.5) is 5.82 Å². The van der Waals surface area contributed by atoms with E-state index < -0.39 is 0 Å². The Kier molecular flexibility index (Phi) is 1.80. The Morgan fingerprint density at radius 2 is 2.40 bits per heavy atom. The van der Waals surface area contributed by atoms with Gasteiger partial charge in [0.2, 0.25) is 0 Å². The van der Waals surface area contributed by atoms with Crippen LogP contribution >= 0.6 is 0 Å². The molecule has 2 N–H and O–H groups in total. The van der Waals surface area contributed by atoms with Gasteiger partial charge in [0.05, 0.1) is 12.7 Å². The van der Waals surface area contributed by atoms with Gasteiger partial charge in [-0.15, -0.1) is 0 Å². The molecule has 0 saturated carbocycles. The second kappa shape index (κ2) is 3.04. The second-order valence-electron chi connectivity index (χ2n) is 3.78. The van der Waals surface area contributed by atoms with E-state index in [4.69, 9.17) is 15.2 Å². The van der Waals surface area contributed by atoms with Crippen LogP contribution in [0.2, 0.25) is 0 Å². The Hall–Kier alpha value is -1.40. The van der Waals surface area contributed by atoms with E-state index in [9.17, 15) is 4.79 Å². The lowest BCUT2D eigenvalue weighted by Gasteiger charge is -2.28. The van der Waals surface area contributed by atoms with Crippen LogP contribution in [0.25, 0.3) is 0 Å². The smallest absolute Gasteiger partial charge is 0.351 e. The maximum Gasteiger partial charge on any atom is 0.351 e. The standard InChI is InChI=1S/C9H11N3O3/c10-7-1-2-12(9(13)11-7)8-3-5-6(15-8)4-14-5/h1-2,5-6,8H,3-4H2,(H2,10,11,13)/t5-,6+,8+/m0/s1. The summed E-state index contributed by atoms with van der Waals surface area (Å²) in [5.41, 5.74) is 5.03. The highest BCUT2D eigenvalue weighted by molar-refractivity contribution is 5.23. The first-order valence-electron chi connectivity index (χ1n) is 4.86. The normalized spacial score (nSPS) is 33.5. The van der Waals surface area contributed by atoms with E-state index in [1.165, 1.54) is 4.57 Å². The number of rotatable bonds is 1. The van der Waals surface area contributed by atoms with Gasteiger partial charge >= 0.3 is 5.69 Å². The topological polar surface area (TPSA) is 79.4 Å². The molecule has 3 atom stereocenters. The van der Waals surface area contributed by atoms with Crippen LogP contribution in [0.15, 0.2) is 17.1 Å². The number of hydrogen-bond acceptors (Lipinski definition) is 5. The molecule has 80 valence electrons. The van der Waals surface area contributed by atoms with Gasteiger partial charge in [-0.25, -0.2) is 4.79 Å². The van der Waals surface area contributed by atoms with E-state index in [0.29, 0.717) is 13.0 Å². The molecule has 6 heteroatoms. The summed E-state index contributed by atoms with van der Waals surface area (Å²) in [6.07, 6.45) is 2.33. The molecule has 0 bridgehead atoms. The van der Waals surface area contributed by atoms with Crippen LogP contribution in [0, 0.1) is 0 Å². The average molecular weight is 209 g/mol. The van der Waals surface area contributed by atoms with Crippen molar-refractivity contribution in [3.05, 3.63) is 22.7 Å². The zero-order chi connectivity index (χ0) is 10.4. The first-order chi connectivity index (χ1) is 7.24. The van der Waals surface area contributed by atoms with Crippen molar-refractivity contribution in [1.82, 2.24) is 9.55 Å². The molecule has 2 saturated heterocycles. The summed E-state index contributed by atoms with van der Waals surface area (Å²) in [7, 11) is 0. The SMILES string of the molecule is Nc1ccn([C@H]2C[C@@H]3OC[C@H]3O2)c(=O)n1. The maximum atomic E-state index is 11.5. The van der Waals surface area contributed by atoms with Gasteiger partial charge in [-0.3, -0.25) is 4.57 Å². The molecular formula is C9H11N3O3. The summed E-state index contributed by atoms with van der Waals surface area (Å²) < 4.78 is 12.4. The monoisotopic (exact) mass is 209 g/mol. The summed E-state index contributed by atoms with van der Waals surface area (Å²) >= 11 is 0. The molecule has 2 aliphatic heterocycles. The Labute approximate surface area is 85.6 Å². The van der Waals surface area contributed by atoms with Gasteiger partial charge in [0, 0.05) is 12.6 Å². The number of ether oxygens (including phenoxy) is 2. The van der Waals surface area contributed by atoms with Crippen molar-refractivity contribution < 1.29 is 9.47 Å². The van der Waals surface area contributed by atoms with Gasteiger partial charge in [-0.05, 0) is 6.07 Å². The van der Waals surface area contributed by atoms with Crippen LogP contribution in [0.1, 0.15) is 12.6 Å². The fraction of sp³-hybridized carbons (Fsp3) is 0.556. The van der Waals surface area contributed by atoms with Gasteiger partial charge in [0.15, 0.2) is 0 Å². The fourth-order valence-electron chi connectivity index (χ4n) is 1.94. The lowest BCUT2D eigenvalue weighted by molar-refractivity contribution is -0.149. The van der Waals surface area contributed by atoms with Crippen LogP contribution in [-0.2, 0) is 9.47 Å². The lowest BCUT2D eigenvalue weighted by atomic mass is 10.1. The molecule has 3 rings (SSSR count). The molecule has 0 aromatic carbocycles. The minimum absolute atomic E-state index is 0.138. The van der Waals surface area contributed by atoms with Gasteiger partial charge in [0.25, 0.3) is 0 Å². The molecule has 2 aliphatic rings. The summed E-state index contributed by atoms with van der Waals surface area (Å²) in [6.45, 7) is 0.623. The van der Waals surface area contributed by atoms with Gasteiger partial charge in [-0.1, -0.05) is 0 Å². The Balaban J connectivity index is 1.90. The molecule has 0 amide bonds. The first-order valence-corrected chi connectivity index (χ1v) is 4.86. The van der Waals surface area contributed by atoms with E-state index in [-0.39, 0.29) is 29.9 Å². The van der Waals surface area contributed by atoms with Crippen molar-refractivity contribution >= 4 is 5.82 Å². The molecule has 15 heavy (non-hydrogen) atoms. The van der Waals surface area contributed by atoms with Crippen LogP contribution < -0.4 is 11.4 Å². The van der Waals surface area contributed by atoms with Gasteiger partial charge in [0.1, 0.15) is 18.1 Å². The molecule has 3 heterocycles. The third-order valence-electron chi connectivity index (χ3n) is 2.82. The molecule has 0 radical (unpaired) electrons. The minimum atomic E-state index is -0.374. The average Bonchev–Trinajstić information content (AvgIpc) is 2.44. The number of anilines is 1. The highest BCUT2D eigenvalue weighted by Crippen LogP contribution is 2.35. The molecule has 0 unspecified atom stereocenters. The number of fused-ring (bicyclic) bond motifs is 1. The van der Waals surface area contributed by atoms with E-state index in [0.717, 1.165) is 0 Å². The highest BCUT2D eigenvalue weighted by Gasteiger charge is 2.43. The molecule has 6 nitrogen and oxygen atoms in total. The third kappa shape index (κ3) is 1.33. The highest BCUT2D eigenvalue weighted by atomic mass is 16.6. The van der Waals surface area contributed by atoms with Crippen molar-refractivity contribution in [3.8, 4) is 0 Å². The number of nitrogens with zero attached hydrogens (tertiary/aromatic N) is 2. The largest absolute Gasteiger partial charge is 0.383 e. The number of hydrogen-bond donors (Lipinski definition) is 1. The van der Waals surface area contributed by atoms with Crippen molar-refractivity contribution in [2.24, 2.45) is 0 Å². The van der Waals surface area contributed by atoms with E-state index >= 15 is 0 Å². The van der Waals surface area contributed by atoms with E-state index in [1.807, 2.05) is 0 Å². The van der Waals surface area contributed by atoms with Crippen LogP contribution in [0.3, 0.4) is 0 Å². The number of aromatic nitrogens is 2. The molecular weight excluding hydrogens is 198 g/mol. The molecule has 2 fully saturated rings. The zero-order valence-electron chi connectivity index (χ0n) is 8.00. The molecule has 0 aliphatic carbocycles. The van der Waals surface area contributed by atoms with Crippen molar-refractivity contribution in [2.75, 3.05) is 12.3 Å². The zero-order valence-corrected chi connectivity index (χ0v) is 8.00. The molecule has 1 aromatic heterocycles. The Morgan fingerprint density at radius 3 is 2.93 bits per heavy atom. The van der Waals surface area contributed by atoms with Crippen molar-refractivity contribution in [1.29, 1.82) is 0 Å². The summed E-state index contributed by atoms with van der Waals surface area (Å²) in [5.74, 6) is 0.230. The quantitative estimate of drug-likeness (QED) is 0.675.